The van der Waals surface area contributed by atoms with Gasteiger partial charge in [0.15, 0.2) is 0 Å². The molecule has 1 aromatic rings. The molecule has 0 aliphatic heterocycles. The van der Waals surface area contributed by atoms with Crippen molar-refractivity contribution in [2.24, 2.45) is 0 Å². The SMILES string of the molecule is COc1cc(CO)ccc1S(=O)(=O)N(C)CCC(F)(F)F. The van der Waals surface area contributed by atoms with Gasteiger partial charge in [0.05, 0.1) is 20.1 Å². The summed E-state index contributed by atoms with van der Waals surface area (Å²) in [6.07, 6.45) is -5.67. The van der Waals surface area contributed by atoms with Gasteiger partial charge in [-0.15, -0.1) is 0 Å². The summed E-state index contributed by atoms with van der Waals surface area (Å²) in [5.41, 5.74) is 0.434. The van der Waals surface area contributed by atoms with Gasteiger partial charge in [0.1, 0.15) is 10.6 Å². The van der Waals surface area contributed by atoms with Gasteiger partial charge in [-0.25, -0.2) is 12.7 Å². The molecule has 0 spiro atoms. The molecule has 0 atom stereocenters. The van der Waals surface area contributed by atoms with E-state index in [1.807, 2.05) is 0 Å². The maximum atomic E-state index is 12.2. The van der Waals surface area contributed by atoms with E-state index in [-0.39, 0.29) is 17.3 Å². The van der Waals surface area contributed by atoms with Gasteiger partial charge in [-0.2, -0.15) is 13.2 Å². The van der Waals surface area contributed by atoms with Crippen LogP contribution in [0.4, 0.5) is 13.2 Å². The summed E-state index contributed by atoms with van der Waals surface area (Å²) < 4.78 is 66.6. The highest BCUT2D eigenvalue weighted by Gasteiger charge is 2.31. The standard InChI is InChI=1S/C12H16F3NO4S/c1-16(6-5-12(13,14)15)21(18,19)11-4-3-9(8-17)7-10(11)20-2/h3-4,7,17H,5-6,8H2,1-2H3. The Balaban J connectivity index is 3.07. The molecule has 1 aromatic carbocycles. The Morgan fingerprint density at radius 3 is 2.43 bits per heavy atom. The molecule has 0 saturated carbocycles. The van der Waals surface area contributed by atoms with E-state index in [2.05, 4.69) is 0 Å². The Morgan fingerprint density at radius 1 is 1.33 bits per heavy atom. The predicted molar refractivity (Wildman–Crippen MR) is 69.4 cm³/mol. The lowest BCUT2D eigenvalue weighted by Gasteiger charge is -2.19. The van der Waals surface area contributed by atoms with Crippen LogP contribution < -0.4 is 4.74 Å². The quantitative estimate of drug-likeness (QED) is 0.864. The Bertz CT molecular complexity index is 587. The molecule has 0 fully saturated rings. The lowest BCUT2D eigenvalue weighted by atomic mass is 10.2. The normalized spacial score (nSPS) is 12.7. The number of halogens is 3. The Kier molecular flexibility index (Phi) is 5.60. The minimum absolute atomic E-state index is 0.0274. The van der Waals surface area contributed by atoms with Crippen LogP contribution in [-0.2, 0) is 16.6 Å². The van der Waals surface area contributed by atoms with Crippen LogP contribution in [0.1, 0.15) is 12.0 Å². The first-order valence-corrected chi connectivity index (χ1v) is 7.36. The van der Waals surface area contributed by atoms with Crippen LogP contribution in [0.5, 0.6) is 5.75 Å². The molecule has 9 heteroatoms. The van der Waals surface area contributed by atoms with Crippen LogP contribution in [0.2, 0.25) is 0 Å². The first-order valence-electron chi connectivity index (χ1n) is 5.92. The van der Waals surface area contributed by atoms with Crippen LogP contribution in [0, 0.1) is 0 Å². The van der Waals surface area contributed by atoms with Crippen LogP contribution >= 0.6 is 0 Å². The number of benzene rings is 1. The van der Waals surface area contributed by atoms with Crippen LogP contribution in [0.25, 0.3) is 0 Å². The third-order valence-corrected chi connectivity index (χ3v) is 4.71. The van der Waals surface area contributed by atoms with Crippen molar-refractivity contribution in [1.29, 1.82) is 0 Å². The van der Waals surface area contributed by atoms with Crippen molar-refractivity contribution in [2.45, 2.75) is 24.1 Å². The molecular weight excluding hydrogens is 311 g/mol. The van der Waals surface area contributed by atoms with E-state index in [9.17, 15) is 21.6 Å². The summed E-state index contributed by atoms with van der Waals surface area (Å²) in [5, 5.41) is 8.99. The second-order valence-corrected chi connectivity index (χ2v) is 6.35. The summed E-state index contributed by atoms with van der Waals surface area (Å²) in [5.74, 6) is -0.0274. The first-order chi connectivity index (χ1) is 9.61. The average molecular weight is 327 g/mol. The minimum Gasteiger partial charge on any atom is -0.495 e. The summed E-state index contributed by atoms with van der Waals surface area (Å²) in [6.45, 7) is -0.989. The van der Waals surface area contributed by atoms with Crippen LogP contribution in [0.15, 0.2) is 23.1 Å². The topological polar surface area (TPSA) is 66.8 Å². The van der Waals surface area contributed by atoms with Gasteiger partial charge in [-0.3, -0.25) is 0 Å². The summed E-state index contributed by atoms with van der Waals surface area (Å²) in [4.78, 5) is -0.244. The molecule has 0 bridgehead atoms. The first kappa shape index (κ1) is 17.7. The number of nitrogens with zero attached hydrogens (tertiary/aromatic N) is 1. The fourth-order valence-corrected chi connectivity index (χ4v) is 2.90. The number of hydrogen-bond donors (Lipinski definition) is 1. The van der Waals surface area contributed by atoms with Gasteiger partial charge in [-0.1, -0.05) is 6.07 Å². The Morgan fingerprint density at radius 2 is 1.95 bits per heavy atom. The molecule has 5 nitrogen and oxygen atoms in total. The Labute approximate surface area is 121 Å². The van der Waals surface area contributed by atoms with Crippen molar-refractivity contribution in [3.8, 4) is 5.75 Å². The average Bonchev–Trinajstić information content (AvgIpc) is 2.42. The van der Waals surface area contributed by atoms with Gasteiger partial charge in [0.25, 0.3) is 0 Å². The van der Waals surface area contributed by atoms with Crippen molar-refractivity contribution >= 4 is 10.0 Å². The smallest absolute Gasteiger partial charge is 0.390 e. The summed E-state index contributed by atoms with van der Waals surface area (Å²) in [7, 11) is -1.79. The highest BCUT2D eigenvalue weighted by molar-refractivity contribution is 7.89. The largest absolute Gasteiger partial charge is 0.495 e. The maximum Gasteiger partial charge on any atom is 0.390 e. The van der Waals surface area contributed by atoms with Gasteiger partial charge in [-0.05, 0) is 17.7 Å². The number of rotatable bonds is 6. The van der Waals surface area contributed by atoms with Crippen LogP contribution in [0.3, 0.4) is 0 Å². The molecule has 0 unspecified atom stereocenters. The fourth-order valence-electron chi connectivity index (χ4n) is 1.60. The van der Waals surface area contributed by atoms with Crippen molar-refractivity contribution in [3.63, 3.8) is 0 Å². The summed E-state index contributed by atoms with van der Waals surface area (Å²) in [6, 6.07) is 3.89. The fraction of sp³-hybridized carbons (Fsp3) is 0.500. The van der Waals surface area contributed by atoms with Gasteiger partial charge >= 0.3 is 6.18 Å². The zero-order chi connectivity index (χ0) is 16.3. The number of alkyl halides is 3. The number of aliphatic hydroxyl groups excluding tert-OH is 1. The van der Waals surface area contributed by atoms with Gasteiger partial charge < -0.3 is 9.84 Å². The number of hydrogen-bond acceptors (Lipinski definition) is 4. The van der Waals surface area contributed by atoms with E-state index in [4.69, 9.17) is 9.84 Å². The van der Waals surface area contributed by atoms with E-state index in [1.54, 1.807) is 0 Å². The highest BCUT2D eigenvalue weighted by atomic mass is 32.2. The van der Waals surface area contributed by atoms with Gasteiger partial charge in [0, 0.05) is 13.6 Å². The second kappa shape index (κ2) is 6.63. The molecule has 0 saturated heterocycles. The highest BCUT2D eigenvalue weighted by Crippen LogP contribution is 2.28. The zero-order valence-corrected chi connectivity index (χ0v) is 12.3. The molecule has 0 aliphatic rings. The van der Waals surface area contributed by atoms with Crippen molar-refractivity contribution in [3.05, 3.63) is 23.8 Å². The predicted octanol–water partition coefficient (Wildman–Crippen LogP) is 1.76. The van der Waals surface area contributed by atoms with Gasteiger partial charge in [0.2, 0.25) is 10.0 Å². The summed E-state index contributed by atoms with van der Waals surface area (Å²) >= 11 is 0. The molecule has 0 amide bonds. The molecule has 1 N–H and O–H groups in total. The minimum atomic E-state index is -4.44. The molecule has 0 heterocycles. The molecule has 0 aliphatic carbocycles. The number of aliphatic hydroxyl groups is 1. The second-order valence-electron chi connectivity index (χ2n) is 4.34. The van der Waals surface area contributed by atoms with Crippen molar-refractivity contribution < 1.29 is 31.4 Å². The molecule has 0 radical (unpaired) electrons. The molecule has 1 rings (SSSR count). The third kappa shape index (κ3) is 4.58. The lowest BCUT2D eigenvalue weighted by Crippen LogP contribution is -2.31. The number of ether oxygens (including phenoxy) is 1. The monoisotopic (exact) mass is 327 g/mol. The van der Waals surface area contributed by atoms with E-state index in [0.717, 1.165) is 7.05 Å². The Hall–Kier alpha value is -1.32. The molecule has 120 valence electrons. The third-order valence-electron chi connectivity index (χ3n) is 2.81. The van der Waals surface area contributed by atoms with Crippen molar-refractivity contribution in [1.82, 2.24) is 4.31 Å². The maximum absolute atomic E-state index is 12.2. The number of sulfonamides is 1. The molecule has 0 aromatic heterocycles. The lowest BCUT2D eigenvalue weighted by molar-refractivity contribution is -0.135. The van der Waals surface area contributed by atoms with Crippen molar-refractivity contribution in [2.75, 3.05) is 20.7 Å². The molecule has 21 heavy (non-hydrogen) atoms. The van der Waals surface area contributed by atoms with E-state index < -0.39 is 29.2 Å². The van der Waals surface area contributed by atoms with E-state index in [1.165, 1.54) is 25.3 Å². The van der Waals surface area contributed by atoms with Crippen LogP contribution in [-0.4, -0.2) is 44.7 Å². The van der Waals surface area contributed by atoms with E-state index >= 15 is 0 Å². The zero-order valence-electron chi connectivity index (χ0n) is 11.5. The molecular formula is C12H16F3NO4S. The number of methoxy groups -OCH3 is 1. The van der Waals surface area contributed by atoms with E-state index in [0.29, 0.717) is 9.87 Å².